The van der Waals surface area contributed by atoms with E-state index in [-0.39, 0.29) is 5.91 Å². The van der Waals surface area contributed by atoms with Crippen molar-refractivity contribution < 1.29 is 4.79 Å². The van der Waals surface area contributed by atoms with Crippen LogP contribution in [-0.2, 0) is 4.79 Å². The lowest BCUT2D eigenvalue weighted by Crippen LogP contribution is -2.22. The van der Waals surface area contributed by atoms with Crippen LogP contribution >= 0.6 is 46.6 Å². The summed E-state index contributed by atoms with van der Waals surface area (Å²) in [7, 11) is 1.72. The van der Waals surface area contributed by atoms with E-state index in [1.165, 1.54) is 25.8 Å². The van der Waals surface area contributed by atoms with Gasteiger partial charge in [0, 0.05) is 27.7 Å². The minimum absolute atomic E-state index is 0.0279. The highest BCUT2D eigenvalue weighted by atomic mass is 127. The summed E-state index contributed by atoms with van der Waals surface area (Å²) < 4.78 is 4.08. The fraction of sp³-hybridized carbons (Fsp3) is 0.222. The number of nitrogens with zero attached hydrogens (tertiary/aromatic N) is 2. The zero-order chi connectivity index (χ0) is 17.6. The van der Waals surface area contributed by atoms with Gasteiger partial charge < -0.3 is 4.57 Å². The molecule has 24 heavy (non-hydrogen) atoms. The monoisotopic (exact) mass is 468 g/mol. The van der Waals surface area contributed by atoms with E-state index in [1.54, 1.807) is 7.05 Å². The molecule has 0 aliphatic carbocycles. The highest BCUT2D eigenvalue weighted by molar-refractivity contribution is 14.1. The van der Waals surface area contributed by atoms with Gasteiger partial charge in [0.25, 0.3) is 5.91 Å². The quantitative estimate of drug-likeness (QED) is 0.359. The molecule has 0 spiro atoms. The molecule has 0 radical (unpaired) electrons. The average Bonchev–Trinajstić information content (AvgIpc) is 2.94. The highest BCUT2D eigenvalue weighted by Crippen LogP contribution is 2.33. The Morgan fingerprint density at radius 2 is 1.92 bits per heavy atom. The number of aromatic nitrogens is 1. The van der Waals surface area contributed by atoms with E-state index in [0.717, 1.165) is 22.6 Å². The van der Waals surface area contributed by atoms with Gasteiger partial charge in [-0.2, -0.15) is 0 Å². The predicted octanol–water partition coefficient (Wildman–Crippen LogP) is 4.84. The van der Waals surface area contributed by atoms with Crippen LogP contribution in [0.3, 0.4) is 0 Å². The molecule has 3 rings (SSSR count). The molecule has 0 atom stereocenters. The molecule has 1 amide bonds. The van der Waals surface area contributed by atoms with Crippen molar-refractivity contribution in [3.8, 4) is 5.69 Å². The molecule has 1 aliphatic rings. The molecule has 0 N–H and O–H groups in total. The predicted molar refractivity (Wildman–Crippen MR) is 114 cm³/mol. The van der Waals surface area contributed by atoms with Gasteiger partial charge in [0.2, 0.25) is 0 Å². The number of carbonyl (C=O) groups excluding carboxylic acids is 1. The van der Waals surface area contributed by atoms with Crippen LogP contribution in [0.1, 0.15) is 22.5 Å². The van der Waals surface area contributed by atoms with Gasteiger partial charge >= 0.3 is 0 Å². The molecule has 1 fully saturated rings. The summed E-state index contributed by atoms with van der Waals surface area (Å²) in [6.45, 7) is 6.29. The lowest BCUT2D eigenvalue weighted by Gasteiger charge is -2.11. The van der Waals surface area contributed by atoms with Gasteiger partial charge in [0.1, 0.15) is 4.32 Å². The number of amides is 1. The van der Waals surface area contributed by atoms with Crippen molar-refractivity contribution in [2.24, 2.45) is 0 Å². The Hall–Kier alpha value is -1.12. The zero-order valence-corrected chi connectivity index (χ0v) is 17.7. The van der Waals surface area contributed by atoms with Crippen molar-refractivity contribution in [2.75, 3.05) is 7.05 Å². The molecule has 1 aliphatic heterocycles. The lowest BCUT2D eigenvalue weighted by molar-refractivity contribution is -0.121. The molecular formula is C18H17IN2OS2. The number of halogens is 1. The average molecular weight is 468 g/mol. The number of likely N-dealkylation sites (N-methyl/N-ethyl adjacent to an activating group) is 1. The van der Waals surface area contributed by atoms with Crippen LogP contribution < -0.4 is 0 Å². The maximum Gasteiger partial charge on any atom is 0.265 e. The van der Waals surface area contributed by atoms with E-state index in [2.05, 4.69) is 72.2 Å². The summed E-state index contributed by atoms with van der Waals surface area (Å²) in [6.07, 6.45) is 1.95. The van der Waals surface area contributed by atoms with Gasteiger partial charge in [-0.15, -0.1) is 0 Å². The first-order chi connectivity index (χ1) is 11.3. The van der Waals surface area contributed by atoms with Crippen molar-refractivity contribution >= 4 is 62.9 Å². The third-order valence-corrected chi connectivity index (χ3v) is 6.84. The Kier molecular flexibility index (Phi) is 4.90. The third-order valence-electron chi connectivity index (χ3n) is 4.14. The van der Waals surface area contributed by atoms with E-state index < -0.39 is 0 Å². The van der Waals surface area contributed by atoms with Crippen LogP contribution in [0.5, 0.6) is 0 Å². The first-order valence-corrected chi connectivity index (χ1v) is 9.77. The topological polar surface area (TPSA) is 25.2 Å². The maximum atomic E-state index is 12.2. The summed E-state index contributed by atoms with van der Waals surface area (Å²) in [6, 6.07) is 8.57. The summed E-state index contributed by atoms with van der Waals surface area (Å²) in [5, 5.41) is 0. The first kappa shape index (κ1) is 17.7. The van der Waals surface area contributed by atoms with Gasteiger partial charge in [0.15, 0.2) is 0 Å². The van der Waals surface area contributed by atoms with E-state index in [1.807, 2.05) is 6.08 Å². The second kappa shape index (κ2) is 6.65. The van der Waals surface area contributed by atoms with Crippen molar-refractivity contribution in [3.05, 3.63) is 55.3 Å². The minimum atomic E-state index is -0.0279. The van der Waals surface area contributed by atoms with Gasteiger partial charge in [-0.05, 0) is 84.8 Å². The number of aryl methyl sites for hydroxylation is 2. The van der Waals surface area contributed by atoms with Crippen molar-refractivity contribution in [3.63, 3.8) is 0 Å². The molecule has 1 saturated heterocycles. The standard InChI is InChI=1S/C18H17IN2OS2/c1-10-7-14(5-6-15(10)19)21-11(2)8-13(12(21)3)9-16-17(22)20(4)18(23)24-16/h5-9H,1-4H3/b16-9+. The third kappa shape index (κ3) is 3.07. The number of hydrogen-bond donors (Lipinski definition) is 0. The molecule has 2 heterocycles. The molecule has 1 aromatic heterocycles. The van der Waals surface area contributed by atoms with Crippen LogP contribution in [0.2, 0.25) is 0 Å². The number of rotatable bonds is 2. The lowest BCUT2D eigenvalue weighted by atomic mass is 10.2. The molecule has 0 bridgehead atoms. The smallest absolute Gasteiger partial charge is 0.265 e. The summed E-state index contributed by atoms with van der Waals surface area (Å²) in [5.74, 6) is -0.0279. The Morgan fingerprint density at radius 1 is 1.21 bits per heavy atom. The molecule has 2 aromatic rings. The van der Waals surface area contributed by atoms with Crippen LogP contribution in [0.25, 0.3) is 11.8 Å². The fourth-order valence-corrected chi connectivity index (χ4v) is 4.29. The Bertz CT molecular complexity index is 899. The zero-order valence-electron chi connectivity index (χ0n) is 13.9. The second-order valence-electron chi connectivity index (χ2n) is 5.84. The fourth-order valence-electron chi connectivity index (χ4n) is 2.79. The largest absolute Gasteiger partial charge is 0.318 e. The molecule has 124 valence electrons. The van der Waals surface area contributed by atoms with Crippen LogP contribution in [-0.4, -0.2) is 26.7 Å². The second-order valence-corrected chi connectivity index (χ2v) is 8.67. The van der Waals surface area contributed by atoms with Crippen LogP contribution in [0, 0.1) is 24.3 Å². The molecule has 1 aromatic carbocycles. The molecular weight excluding hydrogens is 451 g/mol. The molecule has 6 heteroatoms. The molecule has 3 nitrogen and oxygen atoms in total. The highest BCUT2D eigenvalue weighted by Gasteiger charge is 2.29. The van der Waals surface area contributed by atoms with Crippen molar-refractivity contribution in [1.29, 1.82) is 0 Å². The maximum absolute atomic E-state index is 12.2. The van der Waals surface area contributed by atoms with E-state index in [9.17, 15) is 4.79 Å². The van der Waals surface area contributed by atoms with Crippen molar-refractivity contribution in [2.45, 2.75) is 20.8 Å². The van der Waals surface area contributed by atoms with Gasteiger partial charge in [-0.25, -0.2) is 0 Å². The summed E-state index contributed by atoms with van der Waals surface area (Å²) >= 11 is 8.91. The summed E-state index contributed by atoms with van der Waals surface area (Å²) in [5.41, 5.74) is 5.72. The van der Waals surface area contributed by atoms with Crippen LogP contribution in [0.4, 0.5) is 0 Å². The van der Waals surface area contributed by atoms with Gasteiger partial charge in [-0.1, -0.05) is 24.0 Å². The van der Waals surface area contributed by atoms with Crippen molar-refractivity contribution in [1.82, 2.24) is 9.47 Å². The SMILES string of the molecule is Cc1cc(-n2c(C)cc(/C=C3/SC(=S)N(C)C3=O)c2C)ccc1I. The molecule has 0 unspecified atom stereocenters. The van der Waals surface area contributed by atoms with Gasteiger partial charge in [-0.3, -0.25) is 9.69 Å². The van der Waals surface area contributed by atoms with Gasteiger partial charge in [0.05, 0.1) is 4.91 Å². The van der Waals surface area contributed by atoms with E-state index in [4.69, 9.17) is 12.2 Å². The van der Waals surface area contributed by atoms with E-state index in [0.29, 0.717) is 9.23 Å². The summed E-state index contributed by atoms with van der Waals surface area (Å²) in [4.78, 5) is 14.4. The number of carbonyl (C=O) groups is 1. The number of benzene rings is 1. The Morgan fingerprint density at radius 3 is 2.50 bits per heavy atom. The normalized spacial score (nSPS) is 16.5. The Labute approximate surface area is 165 Å². The number of thioether (sulfide) groups is 1. The minimum Gasteiger partial charge on any atom is -0.318 e. The number of hydrogen-bond acceptors (Lipinski definition) is 3. The Balaban J connectivity index is 2.06. The van der Waals surface area contributed by atoms with E-state index >= 15 is 0 Å². The molecule has 0 saturated carbocycles. The first-order valence-electron chi connectivity index (χ1n) is 7.46. The number of thiocarbonyl (C=S) groups is 1. The van der Waals surface area contributed by atoms with Crippen LogP contribution in [0.15, 0.2) is 29.2 Å².